The molecule has 2 atom stereocenters. The van der Waals surface area contributed by atoms with Gasteiger partial charge in [-0.3, -0.25) is 4.21 Å². The van der Waals surface area contributed by atoms with E-state index in [9.17, 15) is 8.76 Å². The SMILES string of the molecule is COC(c1cccc2ccccc12)S(=O)[O-]. The smallest absolute Gasteiger partial charge is 0.144 e. The quantitative estimate of drug-likeness (QED) is 0.767. The van der Waals surface area contributed by atoms with Crippen LogP contribution in [0.25, 0.3) is 10.8 Å². The highest BCUT2D eigenvalue weighted by Crippen LogP contribution is 2.27. The second-order valence-electron chi connectivity index (χ2n) is 3.40. The minimum atomic E-state index is -2.28. The van der Waals surface area contributed by atoms with E-state index in [0.717, 1.165) is 10.8 Å². The van der Waals surface area contributed by atoms with Gasteiger partial charge in [0.05, 0.1) is 0 Å². The summed E-state index contributed by atoms with van der Waals surface area (Å²) in [5.41, 5.74) is -0.236. The average molecular weight is 235 g/mol. The number of hydrogen-bond acceptors (Lipinski definition) is 3. The first-order valence-corrected chi connectivity index (χ1v) is 5.96. The lowest BCUT2D eigenvalue weighted by Gasteiger charge is -2.19. The van der Waals surface area contributed by atoms with Gasteiger partial charge in [0.15, 0.2) is 0 Å². The zero-order valence-electron chi connectivity index (χ0n) is 8.75. The molecule has 0 amide bonds. The van der Waals surface area contributed by atoms with Gasteiger partial charge < -0.3 is 9.29 Å². The van der Waals surface area contributed by atoms with Crippen LogP contribution in [0.15, 0.2) is 42.5 Å². The second-order valence-corrected chi connectivity index (χ2v) is 4.35. The minimum absolute atomic E-state index is 0.675. The van der Waals surface area contributed by atoms with E-state index in [1.807, 2.05) is 36.4 Å². The molecule has 0 N–H and O–H groups in total. The summed E-state index contributed by atoms with van der Waals surface area (Å²) >= 11 is -2.28. The van der Waals surface area contributed by atoms with Crippen LogP contribution in [0.5, 0.6) is 0 Å². The van der Waals surface area contributed by atoms with Crippen LogP contribution in [-0.4, -0.2) is 15.9 Å². The van der Waals surface area contributed by atoms with Crippen LogP contribution in [0.3, 0.4) is 0 Å². The van der Waals surface area contributed by atoms with Gasteiger partial charge in [0.1, 0.15) is 5.44 Å². The van der Waals surface area contributed by atoms with Crippen LogP contribution in [0.2, 0.25) is 0 Å². The van der Waals surface area contributed by atoms with Crippen LogP contribution >= 0.6 is 0 Å². The van der Waals surface area contributed by atoms with Crippen LogP contribution in [0, 0.1) is 0 Å². The third-order valence-corrected chi connectivity index (χ3v) is 3.26. The standard InChI is InChI=1S/C12H12O3S/c1-15-12(16(13)14)11-8-4-6-9-5-2-3-7-10(9)11/h2-8,12H,1H3,(H,13,14)/p-1. The molecule has 4 heteroatoms. The van der Waals surface area contributed by atoms with E-state index in [0.29, 0.717) is 5.56 Å². The van der Waals surface area contributed by atoms with Gasteiger partial charge in [0.2, 0.25) is 0 Å². The Labute approximate surface area is 96.3 Å². The zero-order valence-corrected chi connectivity index (χ0v) is 9.57. The van der Waals surface area contributed by atoms with Gasteiger partial charge in [-0.05, 0) is 21.9 Å². The molecule has 0 saturated heterocycles. The van der Waals surface area contributed by atoms with Crippen molar-refractivity contribution in [1.29, 1.82) is 0 Å². The molecule has 84 valence electrons. The predicted octanol–water partition coefficient (Wildman–Crippen LogP) is 2.36. The van der Waals surface area contributed by atoms with Crippen molar-refractivity contribution in [1.82, 2.24) is 0 Å². The average Bonchev–Trinajstić information content (AvgIpc) is 2.30. The van der Waals surface area contributed by atoms with Crippen LogP contribution in [0.1, 0.15) is 11.0 Å². The van der Waals surface area contributed by atoms with Gasteiger partial charge >= 0.3 is 0 Å². The zero-order chi connectivity index (χ0) is 11.5. The Morgan fingerprint density at radius 3 is 2.56 bits per heavy atom. The molecule has 0 heterocycles. The van der Waals surface area contributed by atoms with Gasteiger partial charge in [-0.1, -0.05) is 42.5 Å². The van der Waals surface area contributed by atoms with E-state index in [1.165, 1.54) is 7.11 Å². The van der Waals surface area contributed by atoms with E-state index >= 15 is 0 Å². The van der Waals surface area contributed by atoms with Gasteiger partial charge in [-0.15, -0.1) is 0 Å². The topological polar surface area (TPSA) is 49.4 Å². The Hall–Kier alpha value is -1.23. The monoisotopic (exact) mass is 235 g/mol. The highest BCUT2D eigenvalue weighted by molar-refractivity contribution is 7.79. The van der Waals surface area contributed by atoms with Gasteiger partial charge in [-0.2, -0.15) is 0 Å². The normalized spacial score (nSPS) is 14.9. The predicted molar refractivity (Wildman–Crippen MR) is 62.6 cm³/mol. The van der Waals surface area contributed by atoms with E-state index in [4.69, 9.17) is 4.74 Å². The number of hydrogen-bond donors (Lipinski definition) is 0. The molecule has 0 aliphatic rings. The van der Waals surface area contributed by atoms with Crippen LogP contribution in [0.4, 0.5) is 0 Å². The summed E-state index contributed by atoms with van der Waals surface area (Å²) in [6.07, 6.45) is 0. The summed E-state index contributed by atoms with van der Waals surface area (Å²) in [5.74, 6) is 0. The Morgan fingerprint density at radius 1 is 1.19 bits per heavy atom. The first-order valence-electron chi connectivity index (χ1n) is 4.82. The Bertz CT molecular complexity index is 519. The van der Waals surface area contributed by atoms with E-state index in [1.54, 1.807) is 6.07 Å². The first kappa shape index (κ1) is 11.3. The third-order valence-electron chi connectivity index (χ3n) is 2.47. The molecule has 0 aromatic heterocycles. The van der Waals surface area contributed by atoms with Crippen molar-refractivity contribution >= 4 is 21.9 Å². The number of methoxy groups -OCH3 is 1. The summed E-state index contributed by atoms with van der Waals surface area (Å²) in [5, 5.41) is 1.91. The van der Waals surface area contributed by atoms with Crippen molar-refractivity contribution < 1.29 is 13.5 Å². The fraction of sp³-hybridized carbons (Fsp3) is 0.167. The maximum absolute atomic E-state index is 11.0. The molecule has 2 rings (SSSR count). The van der Waals surface area contributed by atoms with Gasteiger partial charge in [0.25, 0.3) is 0 Å². The molecule has 0 radical (unpaired) electrons. The van der Waals surface area contributed by atoms with Crippen molar-refractivity contribution in [3.05, 3.63) is 48.0 Å². The highest BCUT2D eigenvalue weighted by Gasteiger charge is 2.13. The van der Waals surface area contributed by atoms with Gasteiger partial charge in [0, 0.05) is 12.7 Å². The molecule has 16 heavy (non-hydrogen) atoms. The molecule has 2 aromatic carbocycles. The first-order chi connectivity index (χ1) is 7.74. The minimum Gasteiger partial charge on any atom is -0.770 e. The van der Waals surface area contributed by atoms with Gasteiger partial charge in [-0.25, -0.2) is 0 Å². The summed E-state index contributed by atoms with van der Waals surface area (Å²) in [6, 6.07) is 13.2. The van der Waals surface area contributed by atoms with Crippen LogP contribution < -0.4 is 0 Å². The molecule has 2 aromatic rings. The summed E-state index contributed by atoms with van der Waals surface area (Å²) in [7, 11) is 1.39. The summed E-state index contributed by atoms with van der Waals surface area (Å²) in [4.78, 5) is 0. The lowest BCUT2D eigenvalue weighted by molar-refractivity contribution is 0.164. The van der Waals surface area contributed by atoms with E-state index in [-0.39, 0.29) is 0 Å². The Balaban J connectivity index is 2.63. The maximum Gasteiger partial charge on any atom is 0.144 e. The van der Waals surface area contributed by atoms with E-state index < -0.39 is 16.5 Å². The highest BCUT2D eigenvalue weighted by atomic mass is 32.2. The van der Waals surface area contributed by atoms with Crippen molar-refractivity contribution in [2.45, 2.75) is 5.44 Å². The molecule has 0 saturated carbocycles. The Morgan fingerprint density at radius 2 is 1.88 bits per heavy atom. The molecule has 0 aliphatic carbocycles. The lowest BCUT2D eigenvalue weighted by atomic mass is 10.1. The molecular formula is C12H11O3S-. The summed E-state index contributed by atoms with van der Waals surface area (Å²) in [6.45, 7) is 0. The molecular weight excluding hydrogens is 224 g/mol. The number of benzene rings is 2. The van der Waals surface area contributed by atoms with Crippen molar-refractivity contribution in [2.24, 2.45) is 0 Å². The number of rotatable bonds is 3. The lowest BCUT2D eigenvalue weighted by Crippen LogP contribution is -2.08. The molecule has 0 spiro atoms. The second kappa shape index (κ2) is 4.74. The molecule has 0 aliphatic heterocycles. The van der Waals surface area contributed by atoms with Crippen molar-refractivity contribution in [3.8, 4) is 0 Å². The Kier molecular flexibility index (Phi) is 3.33. The van der Waals surface area contributed by atoms with E-state index in [2.05, 4.69) is 0 Å². The molecule has 0 bridgehead atoms. The fourth-order valence-electron chi connectivity index (χ4n) is 1.77. The number of fused-ring (bicyclic) bond motifs is 1. The van der Waals surface area contributed by atoms with Crippen LogP contribution in [-0.2, 0) is 15.8 Å². The van der Waals surface area contributed by atoms with Crippen molar-refractivity contribution in [2.75, 3.05) is 7.11 Å². The van der Waals surface area contributed by atoms with Crippen molar-refractivity contribution in [3.63, 3.8) is 0 Å². The number of ether oxygens (including phenoxy) is 1. The molecule has 3 nitrogen and oxygen atoms in total. The third kappa shape index (κ3) is 2.00. The maximum atomic E-state index is 11.0. The molecule has 2 unspecified atom stereocenters. The molecule has 0 fully saturated rings. The summed E-state index contributed by atoms with van der Waals surface area (Å²) < 4.78 is 27.1. The largest absolute Gasteiger partial charge is 0.770 e. The fourth-order valence-corrected chi connectivity index (χ4v) is 2.34.